The molecule has 0 aliphatic heterocycles. The summed E-state index contributed by atoms with van der Waals surface area (Å²) >= 11 is 0. The van der Waals surface area contributed by atoms with E-state index in [0.717, 1.165) is 12.5 Å². The molecule has 0 aliphatic carbocycles. The fourth-order valence-corrected chi connectivity index (χ4v) is 1.27. The lowest BCUT2D eigenvalue weighted by Gasteiger charge is -2.11. The average Bonchev–Trinajstić information content (AvgIpc) is 2.04. The molecular weight excluding hydrogens is 208 g/mol. The van der Waals surface area contributed by atoms with Crippen LogP contribution in [0, 0.1) is 11.6 Å². The summed E-state index contributed by atoms with van der Waals surface area (Å²) in [6.45, 7) is 1.97. The highest BCUT2D eigenvalue weighted by Crippen LogP contribution is 2.19. The van der Waals surface area contributed by atoms with Crippen molar-refractivity contribution in [1.82, 2.24) is 0 Å². The minimum Gasteiger partial charge on any atom is -0.324 e. The summed E-state index contributed by atoms with van der Waals surface area (Å²) in [4.78, 5) is 0. The van der Waals surface area contributed by atoms with E-state index in [2.05, 4.69) is 0 Å². The molecule has 80 valence electrons. The Bertz CT molecular complexity index is 291. The van der Waals surface area contributed by atoms with E-state index in [0.29, 0.717) is 12.0 Å². The normalized spacial score (nSPS) is 12.0. The van der Waals surface area contributed by atoms with Crippen LogP contribution < -0.4 is 5.73 Å². The van der Waals surface area contributed by atoms with Crippen LogP contribution in [0.15, 0.2) is 18.2 Å². The van der Waals surface area contributed by atoms with E-state index < -0.39 is 11.6 Å². The molecular formula is C10H14ClF2N. The second-order valence-electron chi connectivity index (χ2n) is 3.06. The minimum absolute atomic E-state index is 0. The van der Waals surface area contributed by atoms with Gasteiger partial charge in [-0.05, 0) is 12.5 Å². The average molecular weight is 222 g/mol. The largest absolute Gasteiger partial charge is 0.324 e. The van der Waals surface area contributed by atoms with Gasteiger partial charge in [-0.1, -0.05) is 19.4 Å². The van der Waals surface area contributed by atoms with Crippen LogP contribution in [-0.4, -0.2) is 0 Å². The third-order valence-corrected chi connectivity index (χ3v) is 1.96. The third-order valence-electron chi connectivity index (χ3n) is 1.96. The fraction of sp³-hybridized carbons (Fsp3) is 0.400. The van der Waals surface area contributed by atoms with Crippen molar-refractivity contribution in [2.24, 2.45) is 5.73 Å². The lowest BCUT2D eigenvalue weighted by molar-refractivity contribution is 0.541. The van der Waals surface area contributed by atoms with E-state index in [1.165, 1.54) is 12.1 Å². The van der Waals surface area contributed by atoms with Gasteiger partial charge in [-0.25, -0.2) is 8.78 Å². The summed E-state index contributed by atoms with van der Waals surface area (Å²) in [5.74, 6) is -1.12. The molecule has 0 heterocycles. The fourth-order valence-electron chi connectivity index (χ4n) is 1.27. The number of nitrogens with two attached hydrogens (primary N) is 1. The van der Waals surface area contributed by atoms with Gasteiger partial charge in [0.15, 0.2) is 0 Å². The highest BCUT2D eigenvalue weighted by Gasteiger charge is 2.10. The zero-order valence-electron chi connectivity index (χ0n) is 7.97. The first kappa shape index (κ1) is 13.3. The quantitative estimate of drug-likeness (QED) is 0.834. The van der Waals surface area contributed by atoms with Crippen molar-refractivity contribution in [3.63, 3.8) is 0 Å². The Morgan fingerprint density at radius 1 is 1.36 bits per heavy atom. The monoisotopic (exact) mass is 221 g/mol. The van der Waals surface area contributed by atoms with Crippen molar-refractivity contribution in [2.75, 3.05) is 0 Å². The summed E-state index contributed by atoms with van der Waals surface area (Å²) in [5.41, 5.74) is 6.09. The summed E-state index contributed by atoms with van der Waals surface area (Å²) in [6.07, 6.45) is 1.60. The van der Waals surface area contributed by atoms with Crippen LogP contribution in [0.2, 0.25) is 0 Å². The van der Waals surface area contributed by atoms with Gasteiger partial charge in [-0.3, -0.25) is 0 Å². The van der Waals surface area contributed by atoms with E-state index in [1.807, 2.05) is 6.92 Å². The van der Waals surface area contributed by atoms with Crippen LogP contribution in [0.1, 0.15) is 31.4 Å². The standard InChI is InChI=1S/C10H13F2N.ClH/c1-2-3-10(13)8-5-4-7(11)6-9(8)12;/h4-6,10H,2-3,13H2,1H3;1H/t10-;/m0./s1. The van der Waals surface area contributed by atoms with Crippen LogP contribution in [0.5, 0.6) is 0 Å². The molecule has 1 rings (SSSR count). The van der Waals surface area contributed by atoms with Crippen molar-refractivity contribution in [2.45, 2.75) is 25.8 Å². The molecule has 0 spiro atoms. The molecule has 0 bridgehead atoms. The van der Waals surface area contributed by atoms with Gasteiger partial charge in [0.1, 0.15) is 11.6 Å². The highest BCUT2D eigenvalue weighted by molar-refractivity contribution is 5.85. The molecule has 0 fully saturated rings. The molecule has 0 aromatic heterocycles. The van der Waals surface area contributed by atoms with E-state index in [1.54, 1.807) is 0 Å². The van der Waals surface area contributed by atoms with Gasteiger partial charge in [-0.2, -0.15) is 0 Å². The first-order chi connectivity index (χ1) is 6.15. The Labute approximate surface area is 88.7 Å². The van der Waals surface area contributed by atoms with Gasteiger partial charge < -0.3 is 5.73 Å². The van der Waals surface area contributed by atoms with Crippen molar-refractivity contribution >= 4 is 12.4 Å². The topological polar surface area (TPSA) is 26.0 Å². The van der Waals surface area contributed by atoms with E-state index in [4.69, 9.17) is 5.73 Å². The molecule has 4 heteroatoms. The van der Waals surface area contributed by atoms with E-state index in [9.17, 15) is 8.78 Å². The predicted molar refractivity (Wildman–Crippen MR) is 55.4 cm³/mol. The Morgan fingerprint density at radius 3 is 2.50 bits per heavy atom. The highest BCUT2D eigenvalue weighted by atomic mass is 35.5. The Hall–Kier alpha value is -0.670. The van der Waals surface area contributed by atoms with E-state index in [-0.39, 0.29) is 18.4 Å². The maximum atomic E-state index is 13.1. The summed E-state index contributed by atoms with van der Waals surface area (Å²) in [7, 11) is 0. The Balaban J connectivity index is 0.00000169. The summed E-state index contributed by atoms with van der Waals surface area (Å²) in [6, 6.07) is 3.18. The predicted octanol–water partition coefficient (Wildman–Crippen LogP) is 3.19. The van der Waals surface area contributed by atoms with Crippen LogP contribution in [0.4, 0.5) is 8.78 Å². The molecule has 1 nitrogen and oxygen atoms in total. The molecule has 1 atom stereocenters. The SMILES string of the molecule is CCC[C@H](N)c1ccc(F)cc1F.Cl. The number of hydrogen-bond donors (Lipinski definition) is 1. The van der Waals surface area contributed by atoms with Gasteiger partial charge in [0.2, 0.25) is 0 Å². The molecule has 0 aliphatic rings. The first-order valence-corrected chi connectivity index (χ1v) is 4.35. The van der Waals surface area contributed by atoms with Gasteiger partial charge in [0.05, 0.1) is 0 Å². The molecule has 14 heavy (non-hydrogen) atoms. The zero-order chi connectivity index (χ0) is 9.84. The second-order valence-corrected chi connectivity index (χ2v) is 3.06. The number of benzene rings is 1. The molecule has 1 aromatic rings. The van der Waals surface area contributed by atoms with Crippen LogP contribution in [0.25, 0.3) is 0 Å². The zero-order valence-corrected chi connectivity index (χ0v) is 8.78. The molecule has 0 saturated heterocycles. The molecule has 1 aromatic carbocycles. The third kappa shape index (κ3) is 3.24. The second kappa shape index (κ2) is 5.94. The van der Waals surface area contributed by atoms with Gasteiger partial charge in [0, 0.05) is 17.7 Å². The van der Waals surface area contributed by atoms with E-state index >= 15 is 0 Å². The van der Waals surface area contributed by atoms with Crippen LogP contribution >= 0.6 is 12.4 Å². The van der Waals surface area contributed by atoms with Gasteiger partial charge >= 0.3 is 0 Å². The molecule has 2 N–H and O–H groups in total. The maximum Gasteiger partial charge on any atom is 0.130 e. The van der Waals surface area contributed by atoms with Crippen molar-refractivity contribution < 1.29 is 8.78 Å². The molecule has 0 saturated carbocycles. The summed E-state index contributed by atoms with van der Waals surface area (Å²) < 4.78 is 25.6. The smallest absolute Gasteiger partial charge is 0.130 e. The number of hydrogen-bond acceptors (Lipinski definition) is 1. The van der Waals surface area contributed by atoms with Crippen molar-refractivity contribution in [3.05, 3.63) is 35.4 Å². The Kier molecular flexibility index (Phi) is 5.65. The molecule has 0 radical (unpaired) electrons. The lowest BCUT2D eigenvalue weighted by Crippen LogP contribution is -2.11. The molecule has 0 unspecified atom stereocenters. The summed E-state index contributed by atoms with van der Waals surface area (Å²) in [5, 5.41) is 0. The van der Waals surface area contributed by atoms with Crippen molar-refractivity contribution in [1.29, 1.82) is 0 Å². The number of rotatable bonds is 3. The van der Waals surface area contributed by atoms with Gasteiger partial charge in [-0.15, -0.1) is 12.4 Å². The molecule has 0 amide bonds. The lowest BCUT2D eigenvalue weighted by atomic mass is 10.0. The maximum absolute atomic E-state index is 13.1. The van der Waals surface area contributed by atoms with Crippen LogP contribution in [-0.2, 0) is 0 Å². The van der Waals surface area contributed by atoms with Crippen molar-refractivity contribution in [3.8, 4) is 0 Å². The first-order valence-electron chi connectivity index (χ1n) is 4.35. The Morgan fingerprint density at radius 2 is 2.00 bits per heavy atom. The minimum atomic E-state index is -0.565. The van der Waals surface area contributed by atoms with Gasteiger partial charge in [0.25, 0.3) is 0 Å². The number of halogens is 3. The van der Waals surface area contributed by atoms with Crippen LogP contribution in [0.3, 0.4) is 0 Å².